The van der Waals surface area contributed by atoms with Crippen LogP contribution >= 0.6 is 0 Å². The molecule has 0 amide bonds. The molecule has 0 N–H and O–H groups in total. The van der Waals surface area contributed by atoms with Crippen molar-refractivity contribution in [3.63, 3.8) is 0 Å². The van der Waals surface area contributed by atoms with Gasteiger partial charge in [0.25, 0.3) is 0 Å². The molecule has 0 aromatic carbocycles. The summed E-state index contributed by atoms with van der Waals surface area (Å²) in [6.45, 7) is 3.99. The van der Waals surface area contributed by atoms with E-state index in [1.807, 2.05) is 0 Å². The fourth-order valence-corrected chi connectivity index (χ4v) is 3.01. The molecule has 2 saturated carbocycles. The molecule has 3 fully saturated rings. The van der Waals surface area contributed by atoms with E-state index in [4.69, 9.17) is 9.47 Å². The van der Waals surface area contributed by atoms with Crippen molar-refractivity contribution >= 4 is 0 Å². The van der Waals surface area contributed by atoms with E-state index < -0.39 is 0 Å². The molecule has 3 rings (SSSR count). The van der Waals surface area contributed by atoms with E-state index in [1.165, 1.54) is 12.8 Å². The highest BCUT2D eigenvalue weighted by atomic mass is 16.7. The Kier molecular flexibility index (Phi) is 1.25. The first kappa shape index (κ1) is 7.34. The smallest absolute Gasteiger partial charge is 0.169 e. The van der Waals surface area contributed by atoms with E-state index in [1.54, 1.807) is 0 Å². The van der Waals surface area contributed by atoms with Crippen molar-refractivity contribution < 1.29 is 9.47 Å². The van der Waals surface area contributed by atoms with E-state index in [-0.39, 0.29) is 5.79 Å². The second-order valence-corrected chi connectivity index (χ2v) is 4.88. The third-order valence-corrected chi connectivity index (χ3v) is 3.90. The van der Waals surface area contributed by atoms with Gasteiger partial charge in [0.15, 0.2) is 5.79 Å². The van der Waals surface area contributed by atoms with Crippen LogP contribution in [0.2, 0.25) is 0 Å². The van der Waals surface area contributed by atoms with Crippen LogP contribution in [-0.4, -0.2) is 19.0 Å². The van der Waals surface area contributed by atoms with E-state index in [0.717, 1.165) is 32.0 Å². The monoisotopic (exact) mass is 168 g/mol. The van der Waals surface area contributed by atoms with E-state index in [0.29, 0.717) is 5.41 Å². The third kappa shape index (κ3) is 0.882. The van der Waals surface area contributed by atoms with Gasteiger partial charge in [-0.25, -0.2) is 0 Å². The summed E-state index contributed by atoms with van der Waals surface area (Å²) in [5.74, 6) is 0.831. The normalized spacial score (nSPS) is 49.2. The molecular weight excluding hydrogens is 152 g/mol. The van der Waals surface area contributed by atoms with Crippen molar-refractivity contribution in [2.24, 2.45) is 11.3 Å². The second kappa shape index (κ2) is 2.05. The average Bonchev–Trinajstić information content (AvgIpc) is 2.47. The number of rotatable bonds is 0. The van der Waals surface area contributed by atoms with Gasteiger partial charge < -0.3 is 9.47 Å². The number of hydrogen-bond acceptors (Lipinski definition) is 2. The summed E-state index contributed by atoms with van der Waals surface area (Å²) in [7, 11) is 0. The first-order valence-electron chi connectivity index (χ1n) is 5.00. The molecule has 0 bridgehead atoms. The van der Waals surface area contributed by atoms with Gasteiger partial charge in [-0.2, -0.15) is 0 Å². The van der Waals surface area contributed by atoms with Gasteiger partial charge in [-0.1, -0.05) is 6.92 Å². The minimum Gasteiger partial charge on any atom is -0.348 e. The molecule has 1 saturated heterocycles. The minimum absolute atomic E-state index is 0.151. The van der Waals surface area contributed by atoms with Crippen LogP contribution in [0.3, 0.4) is 0 Å². The van der Waals surface area contributed by atoms with Crippen LogP contribution in [0.5, 0.6) is 0 Å². The SMILES string of the molecule is C[C@]12C[C@H]1CCC1(C2)OCCO1. The predicted molar refractivity (Wildman–Crippen MR) is 44.7 cm³/mol. The lowest BCUT2D eigenvalue weighted by Gasteiger charge is -2.34. The molecule has 0 radical (unpaired) electrons. The van der Waals surface area contributed by atoms with Crippen LogP contribution in [0, 0.1) is 11.3 Å². The first-order chi connectivity index (χ1) is 5.73. The fraction of sp³-hybridized carbons (Fsp3) is 1.00. The van der Waals surface area contributed by atoms with Gasteiger partial charge >= 0.3 is 0 Å². The van der Waals surface area contributed by atoms with Crippen molar-refractivity contribution in [2.75, 3.05) is 13.2 Å². The number of hydrogen-bond donors (Lipinski definition) is 0. The fourth-order valence-electron chi connectivity index (χ4n) is 3.01. The molecule has 1 heterocycles. The highest BCUT2D eigenvalue weighted by Gasteiger charge is 2.59. The lowest BCUT2D eigenvalue weighted by molar-refractivity contribution is -0.187. The van der Waals surface area contributed by atoms with Gasteiger partial charge in [0, 0.05) is 12.8 Å². The van der Waals surface area contributed by atoms with Gasteiger partial charge in [-0.05, 0) is 24.2 Å². The van der Waals surface area contributed by atoms with E-state index in [2.05, 4.69) is 6.92 Å². The summed E-state index contributed by atoms with van der Waals surface area (Å²) < 4.78 is 11.4. The summed E-state index contributed by atoms with van der Waals surface area (Å²) in [6.07, 6.45) is 5.00. The molecule has 1 spiro atoms. The standard InChI is InChI=1S/C10H16O2/c1-9-6-8(9)2-3-10(7-9)11-4-5-12-10/h8H,2-7H2,1H3/t8-,9-/m1/s1. The van der Waals surface area contributed by atoms with Crippen molar-refractivity contribution in [1.29, 1.82) is 0 Å². The molecule has 2 aliphatic carbocycles. The Morgan fingerprint density at radius 1 is 1.25 bits per heavy atom. The molecule has 0 unspecified atom stereocenters. The Morgan fingerprint density at radius 2 is 2.00 bits per heavy atom. The van der Waals surface area contributed by atoms with Crippen molar-refractivity contribution in [2.45, 2.75) is 38.4 Å². The summed E-state index contributed by atoms with van der Waals surface area (Å²) in [4.78, 5) is 0. The maximum absolute atomic E-state index is 5.72. The van der Waals surface area contributed by atoms with Gasteiger partial charge in [0.05, 0.1) is 13.2 Å². The Balaban J connectivity index is 1.80. The summed E-state index contributed by atoms with van der Waals surface area (Å²) in [5, 5.41) is 0. The van der Waals surface area contributed by atoms with Gasteiger partial charge in [-0.15, -0.1) is 0 Å². The highest BCUT2D eigenvalue weighted by molar-refractivity contribution is 5.06. The molecule has 3 aliphatic rings. The third-order valence-electron chi connectivity index (χ3n) is 3.90. The summed E-state index contributed by atoms with van der Waals surface area (Å²) in [5.41, 5.74) is 0.572. The summed E-state index contributed by atoms with van der Waals surface area (Å²) >= 11 is 0. The maximum Gasteiger partial charge on any atom is 0.169 e. The topological polar surface area (TPSA) is 18.5 Å². The van der Waals surface area contributed by atoms with E-state index >= 15 is 0 Å². The van der Waals surface area contributed by atoms with Crippen LogP contribution in [0.15, 0.2) is 0 Å². The highest BCUT2D eigenvalue weighted by Crippen LogP contribution is 2.64. The van der Waals surface area contributed by atoms with E-state index in [9.17, 15) is 0 Å². The Hall–Kier alpha value is -0.0800. The van der Waals surface area contributed by atoms with Crippen LogP contribution in [0.4, 0.5) is 0 Å². The molecule has 1 aliphatic heterocycles. The van der Waals surface area contributed by atoms with Gasteiger partial charge in [0.2, 0.25) is 0 Å². The molecule has 2 nitrogen and oxygen atoms in total. The minimum atomic E-state index is -0.151. The van der Waals surface area contributed by atoms with Crippen LogP contribution in [-0.2, 0) is 9.47 Å². The van der Waals surface area contributed by atoms with Crippen molar-refractivity contribution in [3.8, 4) is 0 Å². The average molecular weight is 168 g/mol. The summed E-state index contributed by atoms with van der Waals surface area (Å²) in [6, 6.07) is 0. The zero-order valence-corrected chi connectivity index (χ0v) is 7.64. The zero-order valence-electron chi connectivity index (χ0n) is 7.64. The lowest BCUT2D eigenvalue weighted by atomic mass is 9.85. The van der Waals surface area contributed by atoms with Crippen LogP contribution in [0.1, 0.15) is 32.6 Å². The largest absolute Gasteiger partial charge is 0.348 e. The molecule has 0 aromatic heterocycles. The first-order valence-corrected chi connectivity index (χ1v) is 5.00. The molecular formula is C10H16O2. The lowest BCUT2D eigenvalue weighted by Crippen LogP contribution is -2.36. The second-order valence-electron chi connectivity index (χ2n) is 4.88. The maximum atomic E-state index is 5.72. The Labute approximate surface area is 73.2 Å². The molecule has 68 valence electrons. The molecule has 12 heavy (non-hydrogen) atoms. The number of ether oxygens (including phenoxy) is 2. The van der Waals surface area contributed by atoms with Gasteiger partial charge in [0.1, 0.15) is 0 Å². The number of fused-ring (bicyclic) bond motifs is 1. The van der Waals surface area contributed by atoms with Crippen LogP contribution < -0.4 is 0 Å². The zero-order chi connectivity index (χ0) is 8.23. The quantitative estimate of drug-likeness (QED) is 0.550. The van der Waals surface area contributed by atoms with Gasteiger partial charge in [-0.3, -0.25) is 0 Å². The Bertz CT molecular complexity index is 208. The molecule has 0 aromatic rings. The molecule has 2 heteroatoms. The Morgan fingerprint density at radius 3 is 2.67 bits per heavy atom. The van der Waals surface area contributed by atoms with Crippen LogP contribution in [0.25, 0.3) is 0 Å². The predicted octanol–water partition coefficient (Wildman–Crippen LogP) is 1.94. The molecule has 2 atom stereocenters. The van der Waals surface area contributed by atoms with Crippen molar-refractivity contribution in [1.82, 2.24) is 0 Å². The van der Waals surface area contributed by atoms with Crippen molar-refractivity contribution in [3.05, 3.63) is 0 Å².